The third-order valence-corrected chi connectivity index (χ3v) is 7.14. The van der Waals surface area contributed by atoms with Crippen LogP contribution in [-0.4, -0.2) is 83.4 Å². The van der Waals surface area contributed by atoms with Crippen molar-refractivity contribution in [3.63, 3.8) is 0 Å². The van der Waals surface area contributed by atoms with Gasteiger partial charge in [0.15, 0.2) is 0 Å². The largest absolute Gasteiger partial charge is 0.444 e. The van der Waals surface area contributed by atoms with Crippen LogP contribution >= 0.6 is 0 Å². The van der Waals surface area contributed by atoms with Gasteiger partial charge >= 0.3 is 12.2 Å². The molecule has 8 nitrogen and oxygen atoms in total. The monoisotopic (exact) mass is 522 g/mol. The molecule has 10 heteroatoms. The van der Waals surface area contributed by atoms with E-state index in [9.17, 15) is 9.59 Å². The minimum absolute atomic E-state index is 0.0234. The van der Waals surface area contributed by atoms with Crippen molar-refractivity contribution >= 4 is 18.0 Å². The van der Waals surface area contributed by atoms with Crippen molar-refractivity contribution in [1.29, 1.82) is 0 Å². The lowest BCUT2D eigenvalue weighted by molar-refractivity contribution is -0.218. The Kier molecular flexibility index (Phi) is 7.20. The highest BCUT2D eigenvalue weighted by atomic mass is 19.3. The summed E-state index contributed by atoms with van der Waals surface area (Å²) in [7, 11) is 0. The highest BCUT2D eigenvalue weighted by Gasteiger charge is 2.63. The number of aryl methyl sites for hydroxylation is 1. The minimum atomic E-state index is -2.90. The fourth-order valence-corrected chi connectivity index (χ4v) is 5.19. The molecule has 0 atom stereocenters. The zero-order valence-electron chi connectivity index (χ0n) is 22.9. The molecule has 37 heavy (non-hydrogen) atoms. The second kappa shape index (κ2) is 9.67. The number of halogens is 2. The van der Waals surface area contributed by atoms with E-state index in [4.69, 9.17) is 14.5 Å². The number of anilines is 1. The normalized spacial score (nSPS) is 21.3. The van der Waals surface area contributed by atoms with Crippen molar-refractivity contribution in [3.8, 4) is 0 Å². The second-order valence-corrected chi connectivity index (χ2v) is 12.6. The minimum Gasteiger partial charge on any atom is -0.444 e. The summed E-state index contributed by atoms with van der Waals surface area (Å²) in [6.45, 7) is 12.0. The summed E-state index contributed by atoms with van der Waals surface area (Å²) in [5.74, 6) is -2.29. The predicted molar refractivity (Wildman–Crippen MR) is 136 cm³/mol. The van der Waals surface area contributed by atoms with E-state index in [2.05, 4.69) is 0 Å². The zero-order chi connectivity index (χ0) is 27.2. The topological polar surface area (TPSA) is 75.2 Å². The molecule has 4 rings (SSSR count). The highest BCUT2D eigenvalue weighted by Crippen LogP contribution is 2.50. The number of amides is 2. The number of pyridine rings is 1. The van der Waals surface area contributed by atoms with Crippen LogP contribution in [0.5, 0.6) is 0 Å². The van der Waals surface area contributed by atoms with E-state index in [0.717, 1.165) is 24.1 Å². The maximum Gasteiger partial charge on any atom is 0.416 e. The molecule has 0 radical (unpaired) electrons. The van der Waals surface area contributed by atoms with Gasteiger partial charge in [-0.3, -0.25) is 9.80 Å². The molecule has 2 amide bonds. The first-order valence-corrected chi connectivity index (χ1v) is 13.2. The first kappa shape index (κ1) is 27.5. The summed E-state index contributed by atoms with van der Waals surface area (Å²) in [5.41, 5.74) is -0.684. The lowest BCUT2D eigenvalue weighted by atomic mass is 9.69. The maximum atomic E-state index is 15.3. The molecule has 1 aromatic rings. The Hall–Kier alpha value is -2.49. The average molecular weight is 523 g/mol. The van der Waals surface area contributed by atoms with E-state index in [1.807, 2.05) is 32.9 Å². The van der Waals surface area contributed by atoms with Crippen molar-refractivity contribution in [3.05, 3.63) is 23.4 Å². The van der Waals surface area contributed by atoms with Gasteiger partial charge in [0.2, 0.25) is 0 Å². The Balaban J connectivity index is 1.34. The molecule has 2 saturated heterocycles. The Labute approximate surface area is 218 Å². The summed E-state index contributed by atoms with van der Waals surface area (Å²) in [6.07, 6.45) is 1.55. The number of carbonyl (C=O) groups is 2. The molecule has 0 aliphatic carbocycles. The SMILES string of the molecule is CC(C)(C)OC(=O)N1CC2(CCN(CCc3ccc4c(n3)N(C(=O)OC(C)(C)C)CCC4)CC2(F)F)C1. The van der Waals surface area contributed by atoms with Crippen molar-refractivity contribution in [2.45, 2.75) is 84.4 Å². The van der Waals surface area contributed by atoms with E-state index in [-0.39, 0.29) is 19.6 Å². The highest BCUT2D eigenvalue weighted by molar-refractivity contribution is 5.88. The molecular formula is C27H40F2N4O4. The number of fused-ring (bicyclic) bond motifs is 1. The second-order valence-electron chi connectivity index (χ2n) is 12.6. The van der Waals surface area contributed by atoms with E-state index < -0.39 is 34.7 Å². The summed E-state index contributed by atoms with van der Waals surface area (Å²) in [5, 5.41) is 0. The van der Waals surface area contributed by atoms with Crippen LogP contribution in [0.1, 0.15) is 65.6 Å². The van der Waals surface area contributed by atoms with Crippen molar-refractivity contribution in [2.24, 2.45) is 5.41 Å². The number of carbonyl (C=O) groups excluding carboxylic acids is 2. The maximum absolute atomic E-state index is 15.3. The molecule has 0 saturated carbocycles. The molecule has 0 aromatic carbocycles. The van der Waals surface area contributed by atoms with Crippen LogP contribution in [0, 0.1) is 5.41 Å². The number of hydrogen-bond acceptors (Lipinski definition) is 6. The number of rotatable bonds is 3. The fourth-order valence-electron chi connectivity index (χ4n) is 5.19. The predicted octanol–water partition coefficient (Wildman–Crippen LogP) is 4.89. The summed E-state index contributed by atoms with van der Waals surface area (Å²) in [6, 6.07) is 3.90. The van der Waals surface area contributed by atoms with Gasteiger partial charge in [-0.05, 0) is 79.0 Å². The number of aromatic nitrogens is 1. The Morgan fingerprint density at radius 3 is 2.24 bits per heavy atom. The van der Waals surface area contributed by atoms with Gasteiger partial charge in [0.25, 0.3) is 5.92 Å². The van der Waals surface area contributed by atoms with E-state index in [1.165, 1.54) is 4.90 Å². The van der Waals surface area contributed by atoms with Crippen LogP contribution in [0.15, 0.2) is 12.1 Å². The third-order valence-electron chi connectivity index (χ3n) is 7.14. The van der Waals surface area contributed by atoms with Gasteiger partial charge in [0.05, 0.1) is 12.0 Å². The van der Waals surface area contributed by atoms with Crippen LogP contribution in [0.25, 0.3) is 0 Å². The molecule has 0 bridgehead atoms. The van der Waals surface area contributed by atoms with Crippen molar-refractivity contribution in [2.75, 3.05) is 44.2 Å². The van der Waals surface area contributed by atoms with Gasteiger partial charge in [-0.15, -0.1) is 0 Å². The first-order valence-electron chi connectivity index (χ1n) is 13.2. The van der Waals surface area contributed by atoms with Crippen LogP contribution in [0.2, 0.25) is 0 Å². The van der Waals surface area contributed by atoms with Crippen LogP contribution in [0.4, 0.5) is 24.2 Å². The van der Waals surface area contributed by atoms with Crippen molar-refractivity contribution in [1.82, 2.24) is 14.8 Å². The van der Waals surface area contributed by atoms with Gasteiger partial charge in [-0.2, -0.15) is 0 Å². The lowest BCUT2D eigenvalue weighted by Gasteiger charge is -2.57. The molecule has 0 N–H and O–H groups in total. The smallest absolute Gasteiger partial charge is 0.416 e. The molecule has 3 aliphatic rings. The molecule has 4 heterocycles. The summed E-state index contributed by atoms with van der Waals surface area (Å²) in [4.78, 5) is 34.4. The van der Waals surface area contributed by atoms with Crippen LogP contribution in [0.3, 0.4) is 0 Å². The average Bonchev–Trinajstić information content (AvgIpc) is 2.72. The molecule has 206 valence electrons. The number of hydrogen-bond donors (Lipinski definition) is 0. The molecule has 3 aliphatic heterocycles. The third kappa shape index (κ3) is 6.16. The van der Waals surface area contributed by atoms with Gasteiger partial charge in [-0.25, -0.2) is 23.4 Å². The molecule has 1 spiro atoms. The van der Waals surface area contributed by atoms with Gasteiger partial charge in [0.1, 0.15) is 17.0 Å². The number of piperidine rings is 1. The summed E-state index contributed by atoms with van der Waals surface area (Å²) < 4.78 is 41.4. The summed E-state index contributed by atoms with van der Waals surface area (Å²) >= 11 is 0. The van der Waals surface area contributed by atoms with E-state index in [1.54, 1.807) is 30.6 Å². The molecular weight excluding hydrogens is 482 g/mol. The molecule has 0 unspecified atom stereocenters. The van der Waals surface area contributed by atoms with E-state index in [0.29, 0.717) is 38.3 Å². The molecule has 2 fully saturated rings. The first-order chi connectivity index (χ1) is 17.1. The van der Waals surface area contributed by atoms with E-state index >= 15 is 8.78 Å². The Bertz CT molecular complexity index is 1030. The van der Waals surface area contributed by atoms with Crippen LogP contribution in [-0.2, 0) is 22.3 Å². The van der Waals surface area contributed by atoms with Gasteiger partial charge in [0, 0.05) is 38.3 Å². The lowest BCUT2D eigenvalue weighted by Crippen LogP contribution is -2.71. The Morgan fingerprint density at radius 1 is 0.973 bits per heavy atom. The van der Waals surface area contributed by atoms with Gasteiger partial charge in [-0.1, -0.05) is 6.07 Å². The quantitative estimate of drug-likeness (QED) is 0.563. The Morgan fingerprint density at radius 2 is 1.62 bits per heavy atom. The standard InChI is InChI=1S/C27H40F2N4O4/c1-24(2,3)36-22(34)32-16-26(17-32)12-15-31(18-27(26,28)29)14-11-20-10-9-19-8-7-13-33(21(19)30-20)23(35)37-25(4,5)6/h9-10H,7-8,11-18H2,1-6H3. The number of alkyl halides is 2. The van der Waals surface area contributed by atoms with Crippen molar-refractivity contribution < 1.29 is 27.8 Å². The van der Waals surface area contributed by atoms with Gasteiger partial charge < -0.3 is 14.4 Å². The van der Waals surface area contributed by atoms with Crippen LogP contribution < -0.4 is 4.90 Å². The number of nitrogens with zero attached hydrogens (tertiary/aromatic N) is 4. The number of likely N-dealkylation sites (tertiary alicyclic amines) is 2. The molecule has 1 aromatic heterocycles. The number of ether oxygens (including phenoxy) is 2. The zero-order valence-corrected chi connectivity index (χ0v) is 22.9. The fraction of sp³-hybridized carbons (Fsp3) is 0.741.